The van der Waals surface area contributed by atoms with Crippen molar-refractivity contribution in [2.24, 2.45) is 21.3 Å². The Kier molecular flexibility index (Phi) is 9.81. The van der Waals surface area contributed by atoms with E-state index in [1.54, 1.807) is 12.6 Å². The van der Waals surface area contributed by atoms with E-state index in [4.69, 9.17) is 0 Å². The van der Waals surface area contributed by atoms with Crippen LogP contribution in [-0.2, 0) is 0 Å². The molecule has 0 radical (unpaired) electrons. The van der Waals surface area contributed by atoms with Gasteiger partial charge in [-0.2, -0.15) is 0 Å². The van der Waals surface area contributed by atoms with Crippen LogP contribution >= 0.6 is 0 Å². The Labute approximate surface area is 120 Å². The normalized spacial score (nSPS) is 16.3. The molecule has 0 N–H and O–H groups in total. The van der Waals surface area contributed by atoms with Crippen LogP contribution in [0.15, 0.2) is 9.98 Å². The summed E-state index contributed by atoms with van der Waals surface area (Å²) in [6.07, 6.45) is 11.2. The summed E-state index contributed by atoms with van der Waals surface area (Å²) in [7, 11) is 0. The van der Waals surface area contributed by atoms with Gasteiger partial charge in [0.15, 0.2) is 0 Å². The highest BCUT2D eigenvalue weighted by Crippen LogP contribution is 2.31. The standard InChI is InChI=1S/C17H34N2/c1-7-15(3)10-9-12-17(5,6)13-11-16(4)19-14-18-8-2/h8,14-16H,7,9-13H2,1-6H3/t15-,16?/m1/s1. The van der Waals surface area contributed by atoms with Crippen molar-refractivity contribution in [3.05, 3.63) is 0 Å². The maximum atomic E-state index is 4.42. The summed E-state index contributed by atoms with van der Waals surface area (Å²) in [5.41, 5.74) is 0.450. The van der Waals surface area contributed by atoms with E-state index in [2.05, 4.69) is 44.6 Å². The maximum absolute atomic E-state index is 4.42. The van der Waals surface area contributed by atoms with E-state index in [9.17, 15) is 0 Å². The SMILES string of the molecule is CC=NC=NC(C)CCC(C)(C)CCC[C@H](C)CC. The van der Waals surface area contributed by atoms with Gasteiger partial charge in [-0.15, -0.1) is 0 Å². The van der Waals surface area contributed by atoms with Gasteiger partial charge >= 0.3 is 0 Å². The van der Waals surface area contributed by atoms with Gasteiger partial charge in [-0.05, 0) is 44.4 Å². The molecule has 2 heteroatoms. The van der Waals surface area contributed by atoms with Gasteiger partial charge in [0.25, 0.3) is 0 Å². The third-order valence-electron chi connectivity index (χ3n) is 4.02. The van der Waals surface area contributed by atoms with Crippen LogP contribution in [0.1, 0.15) is 80.1 Å². The van der Waals surface area contributed by atoms with Crippen LogP contribution in [0, 0.1) is 11.3 Å². The Bertz CT molecular complexity index is 266. The second kappa shape index (κ2) is 10.2. The van der Waals surface area contributed by atoms with Crippen molar-refractivity contribution in [2.45, 2.75) is 86.1 Å². The Morgan fingerprint density at radius 2 is 1.79 bits per heavy atom. The third-order valence-corrected chi connectivity index (χ3v) is 4.02. The highest BCUT2D eigenvalue weighted by Gasteiger charge is 2.18. The van der Waals surface area contributed by atoms with E-state index in [1.807, 2.05) is 6.92 Å². The fraction of sp³-hybridized carbons (Fsp3) is 0.882. The molecule has 0 spiro atoms. The van der Waals surface area contributed by atoms with Crippen molar-refractivity contribution < 1.29 is 0 Å². The first-order valence-electron chi connectivity index (χ1n) is 7.90. The molecule has 0 heterocycles. The Hall–Kier alpha value is -0.660. The van der Waals surface area contributed by atoms with Gasteiger partial charge < -0.3 is 0 Å². The monoisotopic (exact) mass is 266 g/mol. The van der Waals surface area contributed by atoms with Crippen LogP contribution in [0.2, 0.25) is 0 Å². The Morgan fingerprint density at radius 3 is 2.37 bits per heavy atom. The lowest BCUT2D eigenvalue weighted by Gasteiger charge is -2.26. The van der Waals surface area contributed by atoms with Crippen LogP contribution in [0.25, 0.3) is 0 Å². The fourth-order valence-corrected chi connectivity index (χ4v) is 2.15. The number of hydrogen-bond acceptors (Lipinski definition) is 1. The molecular formula is C17H34N2. The topological polar surface area (TPSA) is 24.7 Å². The summed E-state index contributed by atoms with van der Waals surface area (Å²) in [4.78, 5) is 8.43. The fourth-order valence-electron chi connectivity index (χ4n) is 2.15. The first kappa shape index (κ1) is 18.3. The predicted octanol–water partition coefficient (Wildman–Crippen LogP) is 5.52. The summed E-state index contributed by atoms with van der Waals surface area (Å²) < 4.78 is 0. The highest BCUT2D eigenvalue weighted by molar-refractivity contribution is 5.70. The van der Waals surface area contributed by atoms with Gasteiger partial charge in [0.2, 0.25) is 0 Å². The molecule has 0 rings (SSSR count). The summed E-state index contributed by atoms with van der Waals surface area (Å²) in [6.45, 7) is 13.5. The zero-order valence-electron chi connectivity index (χ0n) is 13.9. The van der Waals surface area contributed by atoms with Gasteiger partial charge in [-0.1, -0.05) is 47.0 Å². The summed E-state index contributed by atoms with van der Waals surface area (Å²) in [6, 6.07) is 0.387. The molecule has 1 unspecified atom stereocenters. The van der Waals surface area contributed by atoms with Crippen molar-refractivity contribution >= 4 is 12.6 Å². The lowest BCUT2D eigenvalue weighted by molar-refractivity contribution is 0.273. The number of rotatable bonds is 10. The molecule has 0 amide bonds. The van der Waals surface area contributed by atoms with E-state index < -0.39 is 0 Å². The smallest absolute Gasteiger partial charge is 0.109 e. The van der Waals surface area contributed by atoms with E-state index in [0.29, 0.717) is 11.5 Å². The van der Waals surface area contributed by atoms with Crippen LogP contribution in [0.4, 0.5) is 0 Å². The molecule has 0 bridgehead atoms. The first-order chi connectivity index (χ1) is 8.91. The van der Waals surface area contributed by atoms with Gasteiger partial charge in [0.05, 0.1) is 0 Å². The zero-order chi connectivity index (χ0) is 14.7. The van der Waals surface area contributed by atoms with E-state index in [1.165, 1.54) is 32.1 Å². The molecule has 0 aliphatic rings. The van der Waals surface area contributed by atoms with Gasteiger partial charge in [0, 0.05) is 12.3 Å². The van der Waals surface area contributed by atoms with Crippen LogP contribution in [-0.4, -0.2) is 18.6 Å². The number of nitrogens with zero attached hydrogens (tertiary/aromatic N) is 2. The molecule has 2 nitrogen and oxygen atoms in total. The van der Waals surface area contributed by atoms with Crippen molar-refractivity contribution in [3.63, 3.8) is 0 Å². The maximum Gasteiger partial charge on any atom is 0.109 e. The summed E-state index contributed by atoms with van der Waals surface area (Å²) >= 11 is 0. The van der Waals surface area contributed by atoms with Crippen LogP contribution < -0.4 is 0 Å². The van der Waals surface area contributed by atoms with Crippen molar-refractivity contribution in [2.75, 3.05) is 0 Å². The Morgan fingerprint density at radius 1 is 1.11 bits per heavy atom. The minimum atomic E-state index is 0.387. The predicted molar refractivity (Wildman–Crippen MR) is 88.4 cm³/mol. The summed E-state index contributed by atoms with van der Waals surface area (Å²) in [5, 5.41) is 0. The second-order valence-corrected chi connectivity index (χ2v) is 6.63. The minimum absolute atomic E-state index is 0.387. The zero-order valence-corrected chi connectivity index (χ0v) is 13.9. The minimum Gasteiger partial charge on any atom is -0.271 e. The van der Waals surface area contributed by atoms with Crippen LogP contribution in [0.3, 0.4) is 0 Å². The molecule has 0 saturated carbocycles. The van der Waals surface area contributed by atoms with Gasteiger partial charge in [-0.3, -0.25) is 4.99 Å². The molecule has 19 heavy (non-hydrogen) atoms. The molecular weight excluding hydrogens is 232 g/mol. The molecule has 0 aromatic carbocycles. The van der Waals surface area contributed by atoms with Crippen molar-refractivity contribution in [1.29, 1.82) is 0 Å². The van der Waals surface area contributed by atoms with E-state index in [0.717, 1.165) is 12.3 Å². The van der Waals surface area contributed by atoms with Gasteiger partial charge in [-0.25, -0.2) is 4.99 Å². The van der Waals surface area contributed by atoms with Gasteiger partial charge in [0.1, 0.15) is 6.34 Å². The lowest BCUT2D eigenvalue weighted by Crippen LogP contribution is -2.14. The van der Waals surface area contributed by atoms with E-state index in [-0.39, 0.29) is 0 Å². The molecule has 0 aromatic heterocycles. The molecule has 112 valence electrons. The molecule has 0 aromatic rings. The average molecular weight is 266 g/mol. The van der Waals surface area contributed by atoms with Crippen LogP contribution in [0.5, 0.6) is 0 Å². The molecule has 0 saturated heterocycles. The summed E-state index contributed by atoms with van der Waals surface area (Å²) in [5.74, 6) is 0.881. The first-order valence-corrected chi connectivity index (χ1v) is 7.90. The molecule has 2 atom stereocenters. The van der Waals surface area contributed by atoms with E-state index >= 15 is 0 Å². The second-order valence-electron chi connectivity index (χ2n) is 6.63. The van der Waals surface area contributed by atoms with Crippen molar-refractivity contribution in [1.82, 2.24) is 0 Å². The Balaban J connectivity index is 3.88. The molecule has 0 aliphatic carbocycles. The number of aliphatic imine (C=N–C) groups is 2. The molecule has 0 aliphatic heterocycles. The largest absolute Gasteiger partial charge is 0.271 e. The third kappa shape index (κ3) is 10.9. The van der Waals surface area contributed by atoms with Crippen molar-refractivity contribution in [3.8, 4) is 0 Å². The molecule has 0 fully saturated rings. The number of hydrogen-bond donors (Lipinski definition) is 0. The lowest BCUT2D eigenvalue weighted by atomic mass is 9.81. The quantitative estimate of drug-likeness (QED) is 0.367. The highest BCUT2D eigenvalue weighted by atomic mass is 14.9. The average Bonchev–Trinajstić information content (AvgIpc) is 2.36.